The van der Waals surface area contributed by atoms with Crippen LogP contribution in [-0.2, 0) is 4.79 Å². The summed E-state index contributed by atoms with van der Waals surface area (Å²) >= 11 is 9.01. The van der Waals surface area contributed by atoms with Crippen molar-refractivity contribution in [2.75, 3.05) is 0 Å². The molecular formula is C12H14BrClN2O3. The first-order valence-corrected chi connectivity index (χ1v) is 6.64. The number of aromatic nitrogens is 1. The van der Waals surface area contributed by atoms with Crippen LogP contribution in [0.25, 0.3) is 0 Å². The van der Waals surface area contributed by atoms with E-state index in [-0.39, 0.29) is 10.7 Å². The van der Waals surface area contributed by atoms with E-state index >= 15 is 0 Å². The summed E-state index contributed by atoms with van der Waals surface area (Å²) in [4.78, 5) is 27.1. The van der Waals surface area contributed by atoms with Crippen molar-refractivity contribution >= 4 is 39.4 Å². The third kappa shape index (κ3) is 4.18. The minimum atomic E-state index is -1.10. The van der Waals surface area contributed by atoms with E-state index in [0.717, 1.165) is 0 Å². The van der Waals surface area contributed by atoms with Crippen molar-refractivity contribution in [2.24, 2.45) is 5.41 Å². The fourth-order valence-corrected chi connectivity index (χ4v) is 1.96. The van der Waals surface area contributed by atoms with Gasteiger partial charge in [-0.2, -0.15) is 0 Å². The van der Waals surface area contributed by atoms with Crippen LogP contribution in [0.5, 0.6) is 0 Å². The highest BCUT2D eigenvalue weighted by Gasteiger charge is 2.33. The molecule has 0 radical (unpaired) electrons. The molecular weight excluding hydrogens is 336 g/mol. The molecule has 5 nitrogen and oxygen atoms in total. The number of hydrogen-bond acceptors (Lipinski definition) is 3. The van der Waals surface area contributed by atoms with Crippen molar-refractivity contribution in [1.29, 1.82) is 0 Å². The normalized spacial score (nSPS) is 12.9. The van der Waals surface area contributed by atoms with Gasteiger partial charge >= 0.3 is 5.97 Å². The Morgan fingerprint density at radius 1 is 1.47 bits per heavy atom. The second-order valence-corrected chi connectivity index (χ2v) is 6.38. The van der Waals surface area contributed by atoms with Gasteiger partial charge in [-0.3, -0.25) is 4.79 Å². The van der Waals surface area contributed by atoms with E-state index in [1.165, 1.54) is 12.3 Å². The molecule has 7 heteroatoms. The van der Waals surface area contributed by atoms with Gasteiger partial charge in [-0.15, -0.1) is 0 Å². The molecule has 2 N–H and O–H groups in total. The van der Waals surface area contributed by atoms with E-state index in [2.05, 4.69) is 26.2 Å². The fourth-order valence-electron chi connectivity index (χ4n) is 1.44. The lowest BCUT2D eigenvalue weighted by molar-refractivity contribution is -0.142. The maximum atomic E-state index is 12.1. The van der Waals surface area contributed by atoms with Crippen LogP contribution >= 0.6 is 27.5 Å². The van der Waals surface area contributed by atoms with Crippen LogP contribution in [0.4, 0.5) is 0 Å². The van der Waals surface area contributed by atoms with Crippen LogP contribution < -0.4 is 5.32 Å². The minimum Gasteiger partial charge on any atom is -0.480 e. The van der Waals surface area contributed by atoms with Crippen molar-refractivity contribution < 1.29 is 14.7 Å². The van der Waals surface area contributed by atoms with Crippen LogP contribution in [0.2, 0.25) is 5.15 Å². The van der Waals surface area contributed by atoms with E-state index in [9.17, 15) is 9.59 Å². The Balaban J connectivity index is 3.01. The van der Waals surface area contributed by atoms with Gasteiger partial charge < -0.3 is 10.4 Å². The molecule has 0 aliphatic rings. The number of halogens is 2. The van der Waals surface area contributed by atoms with Crippen molar-refractivity contribution in [2.45, 2.75) is 26.8 Å². The molecule has 1 rings (SSSR count). The number of rotatable bonds is 3. The fraction of sp³-hybridized carbons (Fsp3) is 0.417. The predicted molar refractivity (Wildman–Crippen MR) is 75.3 cm³/mol. The van der Waals surface area contributed by atoms with Crippen LogP contribution in [0.1, 0.15) is 31.1 Å². The monoisotopic (exact) mass is 348 g/mol. The number of carbonyl (C=O) groups excluding carboxylic acids is 1. The molecule has 0 fully saturated rings. The zero-order chi connectivity index (χ0) is 14.8. The van der Waals surface area contributed by atoms with E-state index < -0.39 is 23.3 Å². The van der Waals surface area contributed by atoms with Gasteiger partial charge in [0.15, 0.2) is 0 Å². The number of nitrogens with one attached hydrogen (secondary N) is 1. The summed E-state index contributed by atoms with van der Waals surface area (Å²) in [6.07, 6.45) is 1.46. The van der Waals surface area contributed by atoms with E-state index in [0.29, 0.717) is 4.47 Å². The molecule has 0 unspecified atom stereocenters. The molecule has 19 heavy (non-hydrogen) atoms. The quantitative estimate of drug-likeness (QED) is 0.822. The summed E-state index contributed by atoms with van der Waals surface area (Å²) in [6.45, 7) is 5.19. The number of carboxylic acids is 1. The zero-order valence-corrected chi connectivity index (χ0v) is 13.0. The maximum absolute atomic E-state index is 12.1. The molecule has 0 aliphatic carbocycles. The number of nitrogens with zero attached hydrogens (tertiary/aromatic N) is 1. The van der Waals surface area contributed by atoms with Crippen molar-refractivity contribution in [3.05, 3.63) is 27.5 Å². The van der Waals surface area contributed by atoms with E-state index in [1.54, 1.807) is 20.8 Å². The lowest BCUT2D eigenvalue weighted by Gasteiger charge is -2.27. The zero-order valence-electron chi connectivity index (χ0n) is 10.7. The predicted octanol–water partition coefficient (Wildman–Crippen LogP) is 2.73. The Morgan fingerprint density at radius 2 is 2.05 bits per heavy atom. The molecule has 0 spiro atoms. The van der Waals surface area contributed by atoms with Gasteiger partial charge in [0, 0.05) is 10.7 Å². The summed E-state index contributed by atoms with van der Waals surface area (Å²) in [5, 5.41) is 11.6. The Kier molecular flexibility index (Phi) is 4.92. The number of aliphatic carboxylic acids is 1. The van der Waals surface area contributed by atoms with Crippen LogP contribution in [0, 0.1) is 5.41 Å². The first-order chi connectivity index (χ1) is 8.62. The van der Waals surface area contributed by atoms with Gasteiger partial charge in [-0.05, 0) is 27.4 Å². The molecule has 1 heterocycles. The van der Waals surface area contributed by atoms with Crippen LogP contribution in [0.15, 0.2) is 16.7 Å². The summed E-state index contributed by atoms with van der Waals surface area (Å²) in [5.74, 6) is -1.67. The van der Waals surface area contributed by atoms with Crippen LogP contribution in [0.3, 0.4) is 0 Å². The molecule has 0 saturated carbocycles. The molecule has 0 bridgehead atoms. The summed E-state index contributed by atoms with van der Waals surface area (Å²) in [6, 6.07) is 0.474. The summed E-state index contributed by atoms with van der Waals surface area (Å²) < 4.78 is 0.588. The topological polar surface area (TPSA) is 79.3 Å². The maximum Gasteiger partial charge on any atom is 0.326 e. The highest BCUT2D eigenvalue weighted by Crippen LogP contribution is 2.22. The van der Waals surface area contributed by atoms with Crippen molar-refractivity contribution in [1.82, 2.24) is 10.3 Å². The second-order valence-electron chi connectivity index (χ2n) is 5.10. The number of pyridine rings is 1. The van der Waals surface area contributed by atoms with Gasteiger partial charge in [-0.1, -0.05) is 32.4 Å². The third-order valence-electron chi connectivity index (χ3n) is 2.44. The number of hydrogen-bond donors (Lipinski definition) is 2. The molecule has 0 aromatic carbocycles. The Labute approximate surface area is 124 Å². The average molecular weight is 350 g/mol. The first kappa shape index (κ1) is 15.9. The smallest absolute Gasteiger partial charge is 0.326 e. The van der Waals surface area contributed by atoms with Gasteiger partial charge in [0.2, 0.25) is 0 Å². The summed E-state index contributed by atoms with van der Waals surface area (Å²) in [7, 11) is 0. The minimum absolute atomic E-state index is 0.0266. The molecule has 1 aromatic heterocycles. The standard InChI is InChI=1S/C12H14BrClN2O3/c1-12(2,3)8(11(18)19)16-10(17)7-4-6(13)5-15-9(7)14/h4-5,8H,1-3H3,(H,16,17)(H,18,19)/t8-/m0/s1. The lowest BCUT2D eigenvalue weighted by atomic mass is 9.86. The largest absolute Gasteiger partial charge is 0.480 e. The second kappa shape index (κ2) is 5.88. The van der Waals surface area contributed by atoms with Crippen LogP contribution in [-0.4, -0.2) is 28.0 Å². The van der Waals surface area contributed by atoms with Gasteiger partial charge in [0.1, 0.15) is 11.2 Å². The number of amides is 1. The van der Waals surface area contributed by atoms with E-state index in [4.69, 9.17) is 16.7 Å². The first-order valence-electron chi connectivity index (χ1n) is 5.47. The lowest BCUT2D eigenvalue weighted by Crippen LogP contribution is -2.49. The van der Waals surface area contributed by atoms with Gasteiger partial charge in [0.05, 0.1) is 5.56 Å². The molecule has 1 amide bonds. The highest BCUT2D eigenvalue weighted by atomic mass is 79.9. The van der Waals surface area contributed by atoms with Crippen molar-refractivity contribution in [3.63, 3.8) is 0 Å². The van der Waals surface area contributed by atoms with Gasteiger partial charge in [0.25, 0.3) is 5.91 Å². The number of carbonyl (C=O) groups is 2. The Bertz CT molecular complexity index is 514. The number of carboxylic acid groups (broad SMARTS) is 1. The molecule has 1 atom stereocenters. The SMILES string of the molecule is CC(C)(C)[C@@H](NC(=O)c1cc(Br)cnc1Cl)C(=O)O. The van der Waals surface area contributed by atoms with E-state index in [1.807, 2.05) is 0 Å². The average Bonchev–Trinajstić information content (AvgIpc) is 2.26. The van der Waals surface area contributed by atoms with Gasteiger partial charge in [-0.25, -0.2) is 9.78 Å². The summed E-state index contributed by atoms with van der Waals surface area (Å²) in [5.41, 5.74) is -0.487. The Hall–Kier alpha value is -1.14. The molecule has 0 saturated heterocycles. The molecule has 104 valence electrons. The molecule has 0 aliphatic heterocycles. The van der Waals surface area contributed by atoms with Crippen molar-refractivity contribution in [3.8, 4) is 0 Å². The highest BCUT2D eigenvalue weighted by molar-refractivity contribution is 9.10. The Morgan fingerprint density at radius 3 is 2.53 bits per heavy atom. The third-order valence-corrected chi connectivity index (χ3v) is 3.17. The molecule has 1 aromatic rings.